The summed E-state index contributed by atoms with van der Waals surface area (Å²) in [6, 6.07) is 8.56. The summed E-state index contributed by atoms with van der Waals surface area (Å²) in [5, 5.41) is 5.71. The SMILES string of the molecule is CC(C)C(C)(NC(=O)CCCC/C=C/C=C/CCOC(=O)[C@@H]1CCCNN1)C(=O)N[C@H](C=O)Cc1ccccc1. The van der Waals surface area contributed by atoms with Gasteiger partial charge in [0.05, 0.1) is 12.6 Å². The summed E-state index contributed by atoms with van der Waals surface area (Å²) in [7, 11) is 0. The van der Waals surface area contributed by atoms with Crippen LogP contribution >= 0.6 is 0 Å². The number of carbonyl (C=O) groups is 4. The summed E-state index contributed by atoms with van der Waals surface area (Å²) < 4.78 is 5.28. The Labute approximate surface area is 238 Å². The number of aldehydes is 1. The maximum absolute atomic E-state index is 13.1. The molecule has 2 rings (SSSR count). The second kappa shape index (κ2) is 18.1. The number of hydrogen-bond donors (Lipinski definition) is 4. The van der Waals surface area contributed by atoms with E-state index in [0.29, 0.717) is 32.3 Å². The van der Waals surface area contributed by atoms with Crippen molar-refractivity contribution in [2.45, 2.75) is 89.8 Å². The minimum atomic E-state index is -1.13. The average molecular weight is 555 g/mol. The molecule has 0 spiro atoms. The molecule has 1 heterocycles. The van der Waals surface area contributed by atoms with E-state index in [1.54, 1.807) is 6.92 Å². The highest BCUT2D eigenvalue weighted by Gasteiger charge is 2.38. The predicted octanol–water partition coefficient (Wildman–Crippen LogP) is 3.31. The standard InChI is InChI=1S/C31H46N4O5/c1-24(2)31(3,30(39)33-26(23-36)22-25-16-11-10-12-17-25)34-28(37)19-13-8-6-4-5-7-9-14-21-40-29(38)27-18-15-20-32-35-27/h4-5,7,9-12,16-17,23-24,26-27,32,35H,6,8,13-15,18-22H2,1-3H3,(H,33,39)(H,34,37)/b5-4+,9-7+/t26-,27-,31?/m0/s1. The minimum Gasteiger partial charge on any atom is -0.464 e. The molecular weight excluding hydrogens is 508 g/mol. The summed E-state index contributed by atoms with van der Waals surface area (Å²) in [5.74, 6) is -0.937. The van der Waals surface area contributed by atoms with Gasteiger partial charge in [0.1, 0.15) is 17.9 Å². The molecular formula is C31H46N4O5. The van der Waals surface area contributed by atoms with Crippen molar-refractivity contribution in [2.75, 3.05) is 13.2 Å². The van der Waals surface area contributed by atoms with Gasteiger partial charge in [-0.3, -0.25) is 19.8 Å². The van der Waals surface area contributed by atoms with Gasteiger partial charge in [0, 0.05) is 13.0 Å². The van der Waals surface area contributed by atoms with E-state index in [9.17, 15) is 19.2 Å². The molecule has 1 aliphatic heterocycles. The molecule has 1 aromatic rings. The van der Waals surface area contributed by atoms with Crippen molar-refractivity contribution in [2.24, 2.45) is 5.92 Å². The number of hydrazine groups is 1. The molecule has 1 aliphatic rings. The molecule has 0 bridgehead atoms. The van der Waals surface area contributed by atoms with Crippen molar-refractivity contribution in [3.05, 3.63) is 60.2 Å². The van der Waals surface area contributed by atoms with Gasteiger partial charge in [-0.15, -0.1) is 0 Å². The zero-order chi connectivity index (χ0) is 29.2. The van der Waals surface area contributed by atoms with Crippen molar-refractivity contribution >= 4 is 24.1 Å². The molecule has 1 aromatic carbocycles. The van der Waals surface area contributed by atoms with E-state index in [0.717, 1.165) is 44.1 Å². The predicted molar refractivity (Wildman–Crippen MR) is 156 cm³/mol. The molecule has 0 aromatic heterocycles. The fourth-order valence-electron chi connectivity index (χ4n) is 4.20. The van der Waals surface area contributed by atoms with E-state index in [1.807, 2.05) is 68.5 Å². The van der Waals surface area contributed by atoms with Crippen LogP contribution in [0.1, 0.15) is 71.3 Å². The Morgan fingerprint density at radius 3 is 2.48 bits per heavy atom. The second-order valence-electron chi connectivity index (χ2n) is 10.6. The third kappa shape index (κ3) is 11.8. The van der Waals surface area contributed by atoms with Crippen LogP contribution in [0.4, 0.5) is 0 Å². The Hall–Kier alpha value is -3.30. The third-order valence-electron chi connectivity index (χ3n) is 7.10. The molecule has 3 atom stereocenters. The zero-order valence-electron chi connectivity index (χ0n) is 24.1. The van der Waals surface area contributed by atoms with Crippen LogP contribution in [-0.2, 0) is 30.3 Å². The monoisotopic (exact) mass is 554 g/mol. The molecule has 0 aliphatic carbocycles. The molecule has 1 fully saturated rings. The number of rotatable bonds is 17. The maximum Gasteiger partial charge on any atom is 0.324 e. The Balaban J connectivity index is 1.64. The van der Waals surface area contributed by atoms with E-state index < -0.39 is 11.6 Å². The molecule has 1 unspecified atom stereocenters. The highest BCUT2D eigenvalue weighted by Crippen LogP contribution is 2.18. The van der Waals surface area contributed by atoms with Crippen molar-refractivity contribution in [1.29, 1.82) is 0 Å². The summed E-state index contributed by atoms with van der Waals surface area (Å²) in [4.78, 5) is 49.3. The van der Waals surface area contributed by atoms with E-state index in [1.165, 1.54) is 0 Å². The van der Waals surface area contributed by atoms with Gasteiger partial charge >= 0.3 is 5.97 Å². The quantitative estimate of drug-likeness (QED) is 0.101. The van der Waals surface area contributed by atoms with Crippen LogP contribution in [0.3, 0.4) is 0 Å². The molecule has 4 N–H and O–H groups in total. The molecule has 0 radical (unpaired) electrons. The fraction of sp³-hybridized carbons (Fsp3) is 0.548. The lowest BCUT2D eigenvalue weighted by Gasteiger charge is -2.34. The number of unbranched alkanes of at least 4 members (excludes halogenated alkanes) is 2. The summed E-state index contributed by atoms with van der Waals surface area (Å²) in [6.07, 6.45) is 14.1. The van der Waals surface area contributed by atoms with Gasteiger partial charge < -0.3 is 20.2 Å². The Kier molecular flexibility index (Phi) is 14.9. The van der Waals surface area contributed by atoms with Crippen molar-refractivity contribution in [1.82, 2.24) is 21.5 Å². The zero-order valence-corrected chi connectivity index (χ0v) is 24.1. The number of carbonyl (C=O) groups excluding carboxylic acids is 4. The Bertz CT molecular complexity index is 989. The minimum absolute atomic E-state index is 0.167. The van der Waals surface area contributed by atoms with E-state index >= 15 is 0 Å². The first-order valence-electron chi connectivity index (χ1n) is 14.3. The van der Waals surface area contributed by atoms with E-state index in [-0.39, 0.29) is 29.7 Å². The van der Waals surface area contributed by atoms with Crippen LogP contribution < -0.4 is 21.5 Å². The molecule has 0 saturated carbocycles. The topological polar surface area (TPSA) is 126 Å². The van der Waals surface area contributed by atoms with Gasteiger partial charge in [0.15, 0.2) is 0 Å². The summed E-state index contributed by atoms with van der Waals surface area (Å²) in [5.41, 5.74) is 5.73. The Morgan fingerprint density at radius 2 is 1.82 bits per heavy atom. The van der Waals surface area contributed by atoms with Crippen molar-refractivity contribution in [3.8, 4) is 0 Å². The largest absolute Gasteiger partial charge is 0.464 e. The molecule has 9 heteroatoms. The number of ether oxygens (including phenoxy) is 1. The molecule has 2 amide bonds. The van der Waals surface area contributed by atoms with Gasteiger partial charge in [0.2, 0.25) is 11.8 Å². The van der Waals surface area contributed by atoms with Gasteiger partial charge in [0.25, 0.3) is 0 Å². The van der Waals surface area contributed by atoms with Crippen LogP contribution in [0.2, 0.25) is 0 Å². The van der Waals surface area contributed by atoms with E-state index in [4.69, 9.17) is 4.74 Å². The number of esters is 1. The first kappa shape index (κ1) is 32.9. The van der Waals surface area contributed by atoms with Gasteiger partial charge in [-0.25, -0.2) is 5.43 Å². The van der Waals surface area contributed by atoms with Crippen molar-refractivity contribution in [3.63, 3.8) is 0 Å². The number of amides is 2. The first-order chi connectivity index (χ1) is 19.3. The lowest BCUT2D eigenvalue weighted by molar-refractivity contribution is -0.147. The number of hydrogen-bond acceptors (Lipinski definition) is 7. The number of nitrogens with one attached hydrogen (secondary N) is 4. The Morgan fingerprint density at radius 1 is 1.10 bits per heavy atom. The summed E-state index contributed by atoms with van der Waals surface area (Å²) >= 11 is 0. The smallest absolute Gasteiger partial charge is 0.324 e. The molecule has 1 saturated heterocycles. The fourth-order valence-corrected chi connectivity index (χ4v) is 4.20. The number of allylic oxidation sites excluding steroid dienone is 3. The van der Waals surface area contributed by atoms with E-state index in [2.05, 4.69) is 21.5 Å². The van der Waals surface area contributed by atoms with Crippen LogP contribution in [0.25, 0.3) is 0 Å². The van der Waals surface area contributed by atoms with Gasteiger partial charge in [-0.05, 0) is 63.4 Å². The van der Waals surface area contributed by atoms with Crippen LogP contribution in [0, 0.1) is 5.92 Å². The lowest BCUT2D eigenvalue weighted by atomic mass is 9.86. The molecule has 9 nitrogen and oxygen atoms in total. The van der Waals surface area contributed by atoms with Crippen LogP contribution in [0.5, 0.6) is 0 Å². The molecule has 220 valence electrons. The maximum atomic E-state index is 13.1. The van der Waals surface area contributed by atoms with Crippen molar-refractivity contribution < 1.29 is 23.9 Å². The van der Waals surface area contributed by atoms with Gasteiger partial charge in [-0.2, -0.15) is 0 Å². The summed E-state index contributed by atoms with van der Waals surface area (Å²) in [6.45, 7) is 6.67. The third-order valence-corrected chi connectivity index (χ3v) is 7.10. The highest BCUT2D eigenvalue weighted by molar-refractivity contribution is 5.92. The first-order valence-corrected chi connectivity index (χ1v) is 14.3. The highest BCUT2D eigenvalue weighted by atomic mass is 16.5. The van der Waals surface area contributed by atoms with Crippen LogP contribution in [-0.4, -0.2) is 54.8 Å². The van der Waals surface area contributed by atoms with Gasteiger partial charge in [-0.1, -0.05) is 68.5 Å². The lowest BCUT2D eigenvalue weighted by Crippen LogP contribution is -2.61. The molecule has 40 heavy (non-hydrogen) atoms. The number of benzene rings is 1. The normalized spacial score (nSPS) is 17.9. The second-order valence-corrected chi connectivity index (χ2v) is 10.6. The average Bonchev–Trinajstić information content (AvgIpc) is 2.96. The van der Waals surface area contributed by atoms with Crippen LogP contribution in [0.15, 0.2) is 54.6 Å².